The van der Waals surface area contributed by atoms with Gasteiger partial charge < -0.3 is 20.1 Å². The van der Waals surface area contributed by atoms with Gasteiger partial charge in [-0.25, -0.2) is 0 Å². The van der Waals surface area contributed by atoms with E-state index in [1.54, 1.807) is 7.05 Å². The average molecular weight is 540 g/mol. The van der Waals surface area contributed by atoms with Crippen molar-refractivity contribution in [3.05, 3.63) is 47.3 Å². The number of benzene rings is 1. The summed E-state index contributed by atoms with van der Waals surface area (Å²) in [6.07, 6.45) is 1.09. The highest BCUT2D eigenvalue weighted by Gasteiger charge is 2.16. The van der Waals surface area contributed by atoms with Gasteiger partial charge in [-0.05, 0) is 43.5 Å². The fraction of sp³-hybridized carbons (Fsp3) is 0.565. The second-order valence-electron chi connectivity index (χ2n) is 8.25. The Morgan fingerprint density at radius 1 is 1.16 bits per heavy atom. The van der Waals surface area contributed by atoms with Crippen molar-refractivity contribution in [3.8, 4) is 0 Å². The van der Waals surface area contributed by atoms with Crippen LogP contribution in [0, 0.1) is 6.92 Å². The molecule has 0 bridgehead atoms. The van der Waals surface area contributed by atoms with E-state index in [9.17, 15) is 0 Å². The van der Waals surface area contributed by atoms with Crippen molar-refractivity contribution in [1.29, 1.82) is 0 Å². The Morgan fingerprint density at radius 2 is 1.94 bits per heavy atom. The van der Waals surface area contributed by atoms with Gasteiger partial charge in [-0.3, -0.25) is 9.89 Å². The highest BCUT2D eigenvalue weighted by Crippen LogP contribution is 2.18. The summed E-state index contributed by atoms with van der Waals surface area (Å²) in [6, 6.07) is 10.8. The van der Waals surface area contributed by atoms with Crippen LogP contribution < -0.4 is 15.5 Å². The first-order chi connectivity index (χ1) is 14.5. The lowest BCUT2D eigenvalue weighted by Crippen LogP contribution is -2.47. The summed E-state index contributed by atoms with van der Waals surface area (Å²) in [5.41, 5.74) is 3.65. The van der Waals surface area contributed by atoms with E-state index < -0.39 is 0 Å². The van der Waals surface area contributed by atoms with Crippen LogP contribution in [0.25, 0.3) is 0 Å². The molecule has 1 saturated heterocycles. The largest absolute Gasteiger partial charge is 0.369 e. The number of anilines is 1. The molecule has 2 aromatic rings. The van der Waals surface area contributed by atoms with Crippen molar-refractivity contribution >= 4 is 35.6 Å². The van der Waals surface area contributed by atoms with Crippen LogP contribution in [-0.4, -0.2) is 62.3 Å². The summed E-state index contributed by atoms with van der Waals surface area (Å²) >= 11 is 0. The number of piperazine rings is 1. The molecular weight excluding hydrogens is 503 g/mol. The normalized spacial score (nSPS) is 15.1. The molecule has 0 spiro atoms. The van der Waals surface area contributed by atoms with E-state index in [1.807, 2.05) is 6.07 Å². The molecule has 172 valence electrons. The van der Waals surface area contributed by atoms with E-state index >= 15 is 0 Å². The van der Waals surface area contributed by atoms with E-state index in [1.165, 1.54) is 11.3 Å². The van der Waals surface area contributed by atoms with Crippen LogP contribution in [0.3, 0.4) is 0 Å². The number of nitrogens with zero attached hydrogens (tertiary/aromatic N) is 4. The van der Waals surface area contributed by atoms with Crippen molar-refractivity contribution < 1.29 is 4.52 Å². The predicted octanol–water partition coefficient (Wildman–Crippen LogP) is 3.60. The number of nitrogens with one attached hydrogen (secondary N) is 2. The number of rotatable bonds is 8. The lowest BCUT2D eigenvalue weighted by molar-refractivity contribution is 0.255. The van der Waals surface area contributed by atoms with E-state index in [0.29, 0.717) is 12.5 Å². The fourth-order valence-electron chi connectivity index (χ4n) is 3.64. The second-order valence-corrected chi connectivity index (χ2v) is 8.25. The molecule has 1 aromatic heterocycles. The maximum absolute atomic E-state index is 5.37. The van der Waals surface area contributed by atoms with Gasteiger partial charge in [0, 0.05) is 51.5 Å². The Morgan fingerprint density at radius 3 is 2.58 bits per heavy atom. The quantitative estimate of drug-likeness (QED) is 0.231. The molecule has 2 heterocycles. The summed E-state index contributed by atoms with van der Waals surface area (Å²) in [5.74, 6) is 1.99. The number of aliphatic imine (C=N–C) groups is 1. The van der Waals surface area contributed by atoms with Crippen LogP contribution >= 0.6 is 24.0 Å². The number of guanidine groups is 1. The molecule has 1 fully saturated rings. The first-order valence-corrected chi connectivity index (χ1v) is 11.0. The van der Waals surface area contributed by atoms with Crippen LogP contribution in [0.4, 0.5) is 5.69 Å². The molecular formula is C23H37IN6O. The Kier molecular flexibility index (Phi) is 10.6. The smallest absolute Gasteiger partial charge is 0.191 e. The summed E-state index contributed by atoms with van der Waals surface area (Å²) < 4.78 is 5.37. The number of aromatic nitrogens is 1. The zero-order chi connectivity index (χ0) is 21.3. The van der Waals surface area contributed by atoms with Gasteiger partial charge in [0.15, 0.2) is 11.7 Å². The number of hydrogen-bond acceptors (Lipinski definition) is 5. The van der Waals surface area contributed by atoms with Crippen LogP contribution in [0.5, 0.6) is 0 Å². The Hall–Kier alpha value is -1.81. The van der Waals surface area contributed by atoms with Crippen molar-refractivity contribution in [3.63, 3.8) is 0 Å². The minimum atomic E-state index is 0. The third kappa shape index (κ3) is 7.99. The van der Waals surface area contributed by atoms with Crippen molar-refractivity contribution in [2.75, 3.05) is 51.2 Å². The van der Waals surface area contributed by atoms with Crippen molar-refractivity contribution in [1.82, 2.24) is 20.7 Å². The average Bonchev–Trinajstić information content (AvgIpc) is 3.23. The molecule has 3 rings (SSSR count). The molecule has 0 saturated carbocycles. The highest BCUT2D eigenvalue weighted by atomic mass is 127. The molecule has 31 heavy (non-hydrogen) atoms. The van der Waals surface area contributed by atoms with Crippen LogP contribution in [0.1, 0.15) is 43.2 Å². The lowest BCUT2D eigenvalue weighted by atomic mass is 10.1. The summed E-state index contributed by atoms with van der Waals surface area (Å²) in [4.78, 5) is 9.33. The standard InChI is InChI=1S/C23H36N6O.HI/c1-18(2)22-16-21(30-27-22)17-26-23(24-4)25-9-6-10-28-11-13-29(14-12-28)20-8-5-7-19(3)15-20;/h5,7-8,15-16,18H,6,9-14,17H2,1-4H3,(H2,24,25,26);1H. The molecule has 1 aliphatic heterocycles. The topological polar surface area (TPSA) is 68.9 Å². The maximum atomic E-state index is 5.37. The minimum absolute atomic E-state index is 0. The Bertz CT molecular complexity index is 814. The summed E-state index contributed by atoms with van der Waals surface area (Å²) in [7, 11) is 1.79. The Balaban J connectivity index is 0.00000341. The van der Waals surface area contributed by atoms with Gasteiger partial charge in [-0.1, -0.05) is 31.1 Å². The zero-order valence-electron chi connectivity index (χ0n) is 19.2. The van der Waals surface area contributed by atoms with Crippen molar-refractivity contribution in [2.24, 2.45) is 4.99 Å². The molecule has 0 amide bonds. The molecule has 0 radical (unpaired) electrons. The van der Waals surface area contributed by atoms with Crippen LogP contribution in [0.2, 0.25) is 0 Å². The molecule has 8 heteroatoms. The third-order valence-corrected chi connectivity index (χ3v) is 5.51. The number of aryl methyl sites for hydroxylation is 1. The molecule has 0 unspecified atom stereocenters. The third-order valence-electron chi connectivity index (χ3n) is 5.51. The molecule has 1 aliphatic rings. The van der Waals surface area contributed by atoms with E-state index in [2.05, 4.69) is 75.6 Å². The Labute approximate surface area is 203 Å². The minimum Gasteiger partial charge on any atom is -0.369 e. The predicted molar refractivity (Wildman–Crippen MR) is 139 cm³/mol. The first-order valence-electron chi connectivity index (χ1n) is 11.0. The fourth-order valence-corrected chi connectivity index (χ4v) is 3.64. The lowest BCUT2D eigenvalue weighted by Gasteiger charge is -2.36. The van der Waals surface area contributed by atoms with Crippen LogP contribution in [0.15, 0.2) is 39.8 Å². The van der Waals surface area contributed by atoms with E-state index in [0.717, 1.165) is 63.1 Å². The van der Waals surface area contributed by atoms with Gasteiger partial charge in [0.25, 0.3) is 0 Å². The van der Waals surface area contributed by atoms with Crippen molar-refractivity contribution in [2.45, 2.75) is 39.7 Å². The molecule has 2 N–H and O–H groups in total. The SMILES string of the molecule is CN=C(NCCCN1CCN(c2cccc(C)c2)CC1)NCc1cc(C(C)C)no1.I. The molecule has 0 aliphatic carbocycles. The van der Waals surface area contributed by atoms with Gasteiger partial charge in [-0.15, -0.1) is 24.0 Å². The number of halogens is 1. The van der Waals surface area contributed by atoms with Crippen LogP contribution in [-0.2, 0) is 6.54 Å². The van der Waals surface area contributed by atoms with Gasteiger partial charge in [0.1, 0.15) is 0 Å². The summed E-state index contributed by atoms with van der Waals surface area (Å²) in [6.45, 7) is 13.4. The molecule has 1 aromatic carbocycles. The van der Waals surface area contributed by atoms with E-state index in [-0.39, 0.29) is 24.0 Å². The molecule has 7 nitrogen and oxygen atoms in total. The molecule has 0 atom stereocenters. The van der Waals surface area contributed by atoms with Gasteiger partial charge >= 0.3 is 0 Å². The zero-order valence-corrected chi connectivity index (χ0v) is 21.6. The van der Waals surface area contributed by atoms with Gasteiger partial charge in [0.2, 0.25) is 0 Å². The summed E-state index contributed by atoms with van der Waals surface area (Å²) in [5, 5.41) is 10.8. The first kappa shape index (κ1) is 25.5. The number of hydrogen-bond donors (Lipinski definition) is 2. The monoisotopic (exact) mass is 540 g/mol. The second kappa shape index (κ2) is 12.9. The maximum Gasteiger partial charge on any atom is 0.191 e. The van der Waals surface area contributed by atoms with E-state index in [4.69, 9.17) is 4.52 Å². The highest BCUT2D eigenvalue weighted by molar-refractivity contribution is 14.0. The van der Waals surface area contributed by atoms with Gasteiger partial charge in [-0.2, -0.15) is 0 Å². The van der Waals surface area contributed by atoms with Gasteiger partial charge in [0.05, 0.1) is 12.2 Å².